The number of imidazole rings is 1. The van der Waals surface area contributed by atoms with Crippen molar-refractivity contribution in [3.8, 4) is 16.9 Å². The molecule has 2 bridgehead atoms. The molecule has 0 aliphatic carbocycles. The summed E-state index contributed by atoms with van der Waals surface area (Å²) in [6.07, 6.45) is 10.0. The summed E-state index contributed by atoms with van der Waals surface area (Å²) >= 11 is 6.21. The lowest BCUT2D eigenvalue weighted by molar-refractivity contribution is -0.141. The molecule has 12 nitrogen and oxygen atoms in total. The van der Waals surface area contributed by atoms with Gasteiger partial charge in [-0.25, -0.2) is 9.78 Å². The van der Waals surface area contributed by atoms with Crippen LogP contribution >= 0.6 is 11.6 Å². The molecule has 41 heavy (non-hydrogen) atoms. The number of nitrogen functional groups attached to an aromatic ring is 1. The van der Waals surface area contributed by atoms with Crippen LogP contribution in [0.25, 0.3) is 23.0 Å². The highest BCUT2D eigenvalue weighted by Gasteiger charge is 2.23. The van der Waals surface area contributed by atoms with Crippen LogP contribution in [0.1, 0.15) is 49.5 Å². The molecule has 1 aliphatic rings. The Bertz CT molecular complexity index is 1550. The first-order chi connectivity index (χ1) is 19.9. The second kappa shape index (κ2) is 12.6. The normalized spacial score (nSPS) is 17.4. The van der Waals surface area contributed by atoms with E-state index in [9.17, 15) is 9.59 Å². The summed E-state index contributed by atoms with van der Waals surface area (Å²) in [7, 11) is 1.38. The fourth-order valence-electron chi connectivity index (χ4n) is 4.82. The van der Waals surface area contributed by atoms with E-state index in [4.69, 9.17) is 22.1 Å². The van der Waals surface area contributed by atoms with Crippen LogP contribution in [0.5, 0.6) is 0 Å². The SMILES string of the molecule is COC(=O)C1CCCCCC(NC(=O)C=Cc2cc(Cl)ccc2-n2cnnn2)c2ncc([nH]2)-c2ccc(N)cc2N1. The minimum atomic E-state index is -0.519. The largest absolute Gasteiger partial charge is 0.467 e. The van der Waals surface area contributed by atoms with Crippen LogP contribution in [-0.2, 0) is 14.3 Å². The maximum atomic E-state index is 13.1. The van der Waals surface area contributed by atoms with Gasteiger partial charge in [0.1, 0.15) is 18.2 Å². The zero-order valence-electron chi connectivity index (χ0n) is 22.4. The number of esters is 1. The number of methoxy groups -OCH3 is 1. The van der Waals surface area contributed by atoms with Crippen molar-refractivity contribution in [2.75, 3.05) is 18.2 Å². The van der Waals surface area contributed by atoms with Crippen molar-refractivity contribution in [3.63, 3.8) is 0 Å². The van der Waals surface area contributed by atoms with Crippen molar-refractivity contribution in [3.05, 3.63) is 71.4 Å². The highest BCUT2D eigenvalue weighted by atomic mass is 35.5. The van der Waals surface area contributed by atoms with E-state index in [0.717, 1.165) is 30.5 Å². The Labute approximate surface area is 241 Å². The summed E-state index contributed by atoms with van der Waals surface area (Å²) < 4.78 is 6.54. The van der Waals surface area contributed by atoms with Gasteiger partial charge in [-0.1, -0.05) is 30.9 Å². The Morgan fingerprint density at radius 1 is 1.17 bits per heavy atom. The molecule has 0 radical (unpaired) electrons. The number of tetrazole rings is 1. The van der Waals surface area contributed by atoms with Gasteiger partial charge in [-0.05, 0) is 65.7 Å². The van der Waals surface area contributed by atoms with Crippen LogP contribution in [0, 0.1) is 0 Å². The molecular weight excluding hydrogens is 546 g/mol. The van der Waals surface area contributed by atoms with E-state index in [1.54, 1.807) is 42.6 Å². The van der Waals surface area contributed by atoms with E-state index in [1.807, 2.05) is 6.07 Å². The Morgan fingerprint density at radius 3 is 2.83 bits per heavy atom. The molecule has 13 heteroatoms. The second-order valence-electron chi connectivity index (χ2n) is 9.70. The van der Waals surface area contributed by atoms with Crippen LogP contribution in [0.3, 0.4) is 0 Å². The van der Waals surface area contributed by atoms with Gasteiger partial charge < -0.3 is 26.1 Å². The van der Waals surface area contributed by atoms with Gasteiger partial charge in [0, 0.05) is 33.6 Å². The van der Waals surface area contributed by atoms with Crippen LogP contribution in [0.4, 0.5) is 11.4 Å². The van der Waals surface area contributed by atoms with Gasteiger partial charge in [-0.2, -0.15) is 4.68 Å². The van der Waals surface area contributed by atoms with E-state index in [1.165, 1.54) is 24.2 Å². The number of rotatable bonds is 5. The number of H-pyrrole nitrogens is 1. The molecule has 0 fully saturated rings. The molecule has 2 aromatic heterocycles. The van der Waals surface area contributed by atoms with Gasteiger partial charge in [-0.15, -0.1) is 5.10 Å². The topological polar surface area (TPSA) is 166 Å². The number of anilines is 2. The average molecular weight is 576 g/mol. The van der Waals surface area contributed by atoms with Crippen LogP contribution in [-0.4, -0.2) is 55.2 Å². The number of carbonyl (C=O) groups excluding carboxylic acids is 2. The molecule has 0 saturated carbocycles. The monoisotopic (exact) mass is 575 g/mol. The second-order valence-corrected chi connectivity index (χ2v) is 10.1. The molecule has 2 atom stereocenters. The van der Waals surface area contributed by atoms with Crippen molar-refractivity contribution in [2.45, 2.75) is 44.2 Å². The van der Waals surface area contributed by atoms with Crippen molar-refractivity contribution < 1.29 is 14.3 Å². The molecule has 2 aromatic carbocycles. The minimum absolute atomic E-state index is 0.291. The molecule has 1 aliphatic heterocycles. The summed E-state index contributed by atoms with van der Waals surface area (Å²) in [6, 6.07) is 9.81. The van der Waals surface area contributed by atoms with E-state index in [0.29, 0.717) is 46.3 Å². The van der Waals surface area contributed by atoms with Crippen LogP contribution in [0.15, 0.2) is 55.0 Å². The number of hydrogen-bond donors (Lipinski definition) is 4. The molecule has 5 N–H and O–H groups in total. The predicted molar refractivity (Wildman–Crippen MR) is 155 cm³/mol. The van der Waals surface area contributed by atoms with Crippen molar-refractivity contribution in [2.24, 2.45) is 0 Å². The lowest BCUT2D eigenvalue weighted by Crippen LogP contribution is -2.31. The molecule has 3 heterocycles. The first-order valence-electron chi connectivity index (χ1n) is 13.2. The minimum Gasteiger partial charge on any atom is -0.467 e. The van der Waals surface area contributed by atoms with E-state index in [2.05, 4.69) is 36.1 Å². The molecule has 2 unspecified atom stereocenters. The van der Waals surface area contributed by atoms with Gasteiger partial charge in [0.05, 0.1) is 30.7 Å². The third-order valence-electron chi connectivity index (χ3n) is 6.88. The molecule has 0 saturated heterocycles. The third kappa shape index (κ3) is 6.72. The summed E-state index contributed by atoms with van der Waals surface area (Å²) in [5, 5.41) is 18.2. The standard InChI is InChI=1S/C28H30ClN9O3/c1-41-28(40)22-6-4-2-3-5-21(27-31-15-24(35-27)20-10-9-19(30)14-23(20)33-22)34-26(39)12-7-17-13-18(29)8-11-25(17)38-16-32-36-37-38/h7-16,21-22,33H,2-6,30H2,1H3,(H,31,35)(H,34,39). The van der Waals surface area contributed by atoms with Gasteiger partial charge in [0.25, 0.3) is 0 Å². The maximum Gasteiger partial charge on any atom is 0.328 e. The fourth-order valence-corrected chi connectivity index (χ4v) is 5.00. The number of benzene rings is 2. The van der Waals surface area contributed by atoms with Gasteiger partial charge in [0.2, 0.25) is 5.91 Å². The lowest BCUT2D eigenvalue weighted by Gasteiger charge is -2.20. The number of ether oxygens (including phenoxy) is 1. The first-order valence-corrected chi connectivity index (χ1v) is 13.6. The van der Waals surface area contributed by atoms with Gasteiger partial charge >= 0.3 is 5.97 Å². The first kappa shape index (κ1) is 27.8. The Hall–Kier alpha value is -4.71. The summed E-state index contributed by atoms with van der Waals surface area (Å²) in [5.74, 6) is 0.00402. The van der Waals surface area contributed by atoms with Crippen molar-refractivity contribution in [1.82, 2.24) is 35.5 Å². The lowest BCUT2D eigenvalue weighted by atomic mass is 10.0. The molecule has 4 aromatic rings. The van der Waals surface area contributed by atoms with E-state index < -0.39 is 6.04 Å². The number of aromatic amines is 1. The number of nitrogens with zero attached hydrogens (tertiary/aromatic N) is 5. The van der Waals surface area contributed by atoms with Crippen molar-refractivity contribution >= 4 is 40.9 Å². The Morgan fingerprint density at radius 2 is 2.02 bits per heavy atom. The highest BCUT2D eigenvalue weighted by Crippen LogP contribution is 2.32. The van der Waals surface area contributed by atoms with Gasteiger partial charge in [0.15, 0.2) is 0 Å². The Kier molecular flexibility index (Phi) is 8.59. The number of carbonyl (C=O) groups is 2. The molecule has 1 amide bonds. The zero-order chi connectivity index (χ0) is 28.8. The molecular formula is C28H30ClN9O3. The summed E-state index contributed by atoms with van der Waals surface area (Å²) in [4.78, 5) is 33.6. The van der Waals surface area contributed by atoms with Crippen LogP contribution < -0.4 is 16.4 Å². The number of halogens is 1. The molecule has 5 rings (SSSR count). The number of hydrogen-bond acceptors (Lipinski definition) is 9. The van der Waals surface area contributed by atoms with E-state index in [-0.39, 0.29) is 17.9 Å². The third-order valence-corrected chi connectivity index (χ3v) is 7.11. The predicted octanol–water partition coefficient (Wildman–Crippen LogP) is 4.08. The van der Waals surface area contributed by atoms with Crippen molar-refractivity contribution in [1.29, 1.82) is 0 Å². The summed E-state index contributed by atoms with van der Waals surface area (Å²) in [5.41, 5.74) is 10.2. The number of amides is 1. The van der Waals surface area contributed by atoms with E-state index >= 15 is 0 Å². The number of nitrogens with one attached hydrogen (secondary N) is 3. The number of nitrogens with two attached hydrogens (primary N) is 1. The number of aromatic nitrogens is 6. The quantitative estimate of drug-likeness (QED) is 0.156. The number of fused-ring (bicyclic) bond motifs is 4. The van der Waals surface area contributed by atoms with Gasteiger partial charge in [-0.3, -0.25) is 4.79 Å². The highest BCUT2D eigenvalue weighted by molar-refractivity contribution is 6.30. The maximum absolute atomic E-state index is 13.1. The smallest absolute Gasteiger partial charge is 0.328 e. The van der Waals surface area contributed by atoms with Crippen LogP contribution in [0.2, 0.25) is 5.02 Å². The zero-order valence-corrected chi connectivity index (χ0v) is 23.1. The average Bonchev–Trinajstić information content (AvgIpc) is 3.67. The molecule has 0 spiro atoms. The fraction of sp³-hybridized carbons (Fsp3) is 0.286. The molecule has 212 valence electrons. The Balaban J connectivity index is 1.39. The summed E-state index contributed by atoms with van der Waals surface area (Å²) in [6.45, 7) is 0.